The van der Waals surface area contributed by atoms with Crippen LogP contribution in [0.1, 0.15) is 26.7 Å². The van der Waals surface area contributed by atoms with Crippen LogP contribution < -0.4 is 0 Å². The standard InChI is InChI=1S/C11H18O5/c1-10(2)5-6-11(7-16-10,8(12)14-3)9(13)15-4/h5-7H2,1-4H3. The Balaban J connectivity index is 2.91. The van der Waals surface area contributed by atoms with Gasteiger partial charge in [0.2, 0.25) is 0 Å². The highest BCUT2D eigenvalue weighted by molar-refractivity contribution is 6.00. The normalized spacial score (nSPS) is 22.2. The zero-order valence-electron chi connectivity index (χ0n) is 10.2. The van der Waals surface area contributed by atoms with Crippen LogP contribution in [0.5, 0.6) is 0 Å². The number of carbonyl (C=O) groups excluding carboxylic acids is 2. The SMILES string of the molecule is COC(=O)C1(C(=O)OC)CCC(C)(C)OC1. The van der Waals surface area contributed by atoms with Gasteiger partial charge in [0.1, 0.15) is 0 Å². The van der Waals surface area contributed by atoms with E-state index in [1.165, 1.54) is 14.2 Å². The molecule has 0 aliphatic carbocycles. The van der Waals surface area contributed by atoms with E-state index in [0.717, 1.165) is 0 Å². The van der Waals surface area contributed by atoms with Gasteiger partial charge in [0.15, 0.2) is 5.41 Å². The Morgan fingerprint density at radius 2 is 1.56 bits per heavy atom. The molecule has 0 aromatic heterocycles. The van der Waals surface area contributed by atoms with E-state index in [9.17, 15) is 9.59 Å². The minimum atomic E-state index is -1.29. The predicted octanol–water partition coefficient (Wildman–Crippen LogP) is 0.908. The molecule has 0 atom stereocenters. The monoisotopic (exact) mass is 230 g/mol. The summed E-state index contributed by atoms with van der Waals surface area (Å²) in [6.07, 6.45) is 0.997. The molecule has 0 unspecified atom stereocenters. The lowest BCUT2D eigenvalue weighted by Crippen LogP contribution is -2.51. The van der Waals surface area contributed by atoms with Gasteiger partial charge in [-0.25, -0.2) is 0 Å². The zero-order valence-corrected chi connectivity index (χ0v) is 10.2. The molecule has 0 aromatic rings. The molecule has 0 amide bonds. The first-order valence-corrected chi connectivity index (χ1v) is 5.19. The van der Waals surface area contributed by atoms with Crippen LogP contribution in [0.3, 0.4) is 0 Å². The molecule has 92 valence electrons. The van der Waals surface area contributed by atoms with Crippen LogP contribution in [0.2, 0.25) is 0 Å². The topological polar surface area (TPSA) is 61.8 Å². The molecule has 16 heavy (non-hydrogen) atoms. The second-order valence-corrected chi connectivity index (χ2v) is 4.61. The lowest BCUT2D eigenvalue weighted by molar-refractivity contribution is -0.189. The Bertz CT molecular complexity index is 267. The van der Waals surface area contributed by atoms with Crippen LogP contribution in [0, 0.1) is 5.41 Å². The van der Waals surface area contributed by atoms with E-state index >= 15 is 0 Å². The van der Waals surface area contributed by atoms with Crippen molar-refractivity contribution in [3.05, 3.63) is 0 Å². The van der Waals surface area contributed by atoms with E-state index in [1.807, 2.05) is 13.8 Å². The van der Waals surface area contributed by atoms with Gasteiger partial charge in [-0.05, 0) is 26.7 Å². The maximum Gasteiger partial charge on any atom is 0.325 e. The fourth-order valence-corrected chi connectivity index (χ4v) is 1.77. The third kappa shape index (κ3) is 2.19. The smallest absolute Gasteiger partial charge is 0.325 e. The first-order valence-electron chi connectivity index (χ1n) is 5.19. The summed E-state index contributed by atoms with van der Waals surface area (Å²) in [5.74, 6) is -1.18. The summed E-state index contributed by atoms with van der Waals surface area (Å²) in [6.45, 7) is 3.86. The Kier molecular flexibility index (Phi) is 3.57. The average molecular weight is 230 g/mol. The van der Waals surface area contributed by atoms with Crippen molar-refractivity contribution in [2.45, 2.75) is 32.3 Å². The first kappa shape index (κ1) is 13.0. The van der Waals surface area contributed by atoms with Crippen LogP contribution in [-0.2, 0) is 23.8 Å². The highest BCUT2D eigenvalue weighted by atomic mass is 16.6. The van der Waals surface area contributed by atoms with Gasteiger partial charge in [-0.3, -0.25) is 9.59 Å². The fraction of sp³-hybridized carbons (Fsp3) is 0.818. The minimum Gasteiger partial charge on any atom is -0.468 e. The number of hydrogen-bond donors (Lipinski definition) is 0. The molecule has 0 aromatic carbocycles. The number of carbonyl (C=O) groups is 2. The first-order chi connectivity index (χ1) is 7.38. The average Bonchev–Trinajstić information content (AvgIpc) is 2.27. The van der Waals surface area contributed by atoms with Crippen molar-refractivity contribution in [3.63, 3.8) is 0 Å². The van der Waals surface area contributed by atoms with E-state index in [2.05, 4.69) is 9.47 Å². The summed E-state index contributed by atoms with van der Waals surface area (Å²) in [5, 5.41) is 0. The second-order valence-electron chi connectivity index (χ2n) is 4.61. The molecule has 1 heterocycles. The van der Waals surface area contributed by atoms with Gasteiger partial charge >= 0.3 is 11.9 Å². The molecule has 1 rings (SSSR count). The van der Waals surface area contributed by atoms with Crippen molar-refractivity contribution in [2.75, 3.05) is 20.8 Å². The number of rotatable bonds is 2. The Morgan fingerprint density at radius 1 is 1.06 bits per heavy atom. The van der Waals surface area contributed by atoms with Crippen molar-refractivity contribution < 1.29 is 23.8 Å². The van der Waals surface area contributed by atoms with E-state index in [0.29, 0.717) is 12.8 Å². The molecule has 1 fully saturated rings. The predicted molar refractivity (Wildman–Crippen MR) is 55.7 cm³/mol. The molecule has 5 nitrogen and oxygen atoms in total. The molecule has 1 saturated heterocycles. The zero-order chi connectivity index (χ0) is 12.4. The van der Waals surface area contributed by atoms with E-state index < -0.39 is 17.4 Å². The molecule has 0 saturated carbocycles. The highest BCUT2D eigenvalue weighted by Gasteiger charge is 2.52. The quantitative estimate of drug-likeness (QED) is 0.521. The van der Waals surface area contributed by atoms with Gasteiger partial charge in [0.25, 0.3) is 0 Å². The van der Waals surface area contributed by atoms with Crippen LogP contribution >= 0.6 is 0 Å². The van der Waals surface area contributed by atoms with Gasteiger partial charge in [-0.2, -0.15) is 0 Å². The van der Waals surface area contributed by atoms with Gasteiger partial charge < -0.3 is 14.2 Å². The molecular formula is C11H18O5. The minimum absolute atomic E-state index is 0.0132. The largest absolute Gasteiger partial charge is 0.468 e. The summed E-state index contributed by atoms with van der Waals surface area (Å²) in [4.78, 5) is 23.4. The maximum atomic E-state index is 11.7. The van der Waals surface area contributed by atoms with E-state index in [4.69, 9.17) is 4.74 Å². The van der Waals surface area contributed by atoms with Gasteiger partial charge in [-0.15, -0.1) is 0 Å². The molecule has 0 N–H and O–H groups in total. The van der Waals surface area contributed by atoms with Crippen molar-refractivity contribution in [1.29, 1.82) is 0 Å². The molecule has 0 bridgehead atoms. The summed E-state index contributed by atoms with van der Waals surface area (Å²) < 4.78 is 14.9. The summed E-state index contributed by atoms with van der Waals surface area (Å²) >= 11 is 0. The molecule has 0 radical (unpaired) electrons. The van der Waals surface area contributed by atoms with E-state index in [-0.39, 0.29) is 12.2 Å². The Hall–Kier alpha value is -1.10. The molecule has 1 aliphatic heterocycles. The number of ether oxygens (including phenoxy) is 3. The van der Waals surface area contributed by atoms with Crippen molar-refractivity contribution in [1.82, 2.24) is 0 Å². The van der Waals surface area contributed by atoms with Crippen LogP contribution in [0.4, 0.5) is 0 Å². The number of methoxy groups -OCH3 is 2. The van der Waals surface area contributed by atoms with E-state index in [1.54, 1.807) is 0 Å². The van der Waals surface area contributed by atoms with Crippen molar-refractivity contribution >= 4 is 11.9 Å². The third-order valence-electron chi connectivity index (χ3n) is 3.02. The maximum absolute atomic E-state index is 11.7. The summed E-state index contributed by atoms with van der Waals surface area (Å²) in [5.41, 5.74) is -1.61. The Morgan fingerprint density at radius 3 is 1.88 bits per heavy atom. The third-order valence-corrected chi connectivity index (χ3v) is 3.02. The molecule has 5 heteroatoms. The van der Waals surface area contributed by atoms with Gasteiger partial charge in [0.05, 0.1) is 26.4 Å². The van der Waals surface area contributed by atoms with Crippen LogP contribution in [-0.4, -0.2) is 38.4 Å². The van der Waals surface area contributed by atoms with Crippen LogP contribution in [0.15, 0.2) is 0 Å². The van der Waals surface area contributed by atoms with Crippen molar-refractivity contribution in [3.8, 4) is 0 Å². The summed E-state index contributed by atoms with van der Waals surface area (Å²) in [7, 11) is 2.51. The lowest BCUT2D eigenvalue weighted by Gasteiger charge is -2.39. The van der Waals surface area contributed by atoms with Gasteiger partial charge in [0, 0.05) is 0 Å². The van der Waals surface area contributed by atoms with Gasteiger partial charge in [-0.1, -0.05) is 0 Å². The molecule has 0 spiro atoms. The number of esters is 2. The molecular weight excluding hydrogens is 212 g/mol. The molecule has 1 aliphatic rings. The van der Waals surface area contributed by atoms with Crippen LogP contribution in [0.25, 0.3) is 0 Å². The Labute approximate surface area is 95.0 Å². The fourth-order valence-electron chi connectivity index (χ4n) is 1.77. The second kappa shape index (κ2) is 4.41. The summed E-state index contributed by atoms with van der Waals surface area (Å²) in [6, 6.07) is 0. The number of hydrogen-bond acceptors (Lipinski definition) is 5. The van der Waals surface area contributed by atoms with Crippen molar-refractivity contribution in [2.24, 2.45) is 5.41 Å². The highest BCUT2D eigenvalue weighted by Crippen LogP contribution is 2.38. The lowest BCUT2D eigenvalue weighted by atomic mass is 9.78.